The van der Waals surface area contributed by atoms with E-state index in [4.69, 9.17) is 58.5 Å². The number of hydrogen-bond acceptors (Lipinski definition) is 19. The molecule has 9 N–H and O–H groups in total. The third kappa shape index (κ3) is 18.1. The van der Waals surface area contributed by atoms with Gasteiger partial charge in [-0.2, -0.15) is 15.0 Å². The lowest BCUT2D eigenvalue weighted by atomic mass is 10.0. The predicted octanol–water partition coefficient (Wildman–Crippen LogP) is -1.72. The highest BCUT2D eigenvalue weighted by atomic mass is 35.5. The number of ether oxygens (including phenoxy) is 3. The van der Waals surface area contributed by atoms with Gasteiger partial charge in [0.2, 0.25) is 29.7 Å². The number of terminal acetylenes is 1. The van der Waals surface area contributed by atoms with Gasteiger partial charge in [0.25, 0.3) is 0 Å². The fourth-order valence-corrected chi connectivity index (χ4v) is 8.38. The molecule has 3 aromatic rings. The monoisotopic (exact) mass is 1000 g/mol. The quantitative estimate of drug-likeness (QED) is 0.0354. The summed E-state index contributed by atoms with van der Waals surface area (Å²) in [6, 6.07) is -1.57. The first kappa shape index (κ1) is 57.8. The van der Waals surface area contributed by atoms with E-state index < -0.39 is 12.1 Å². The van der Waals surface area contributed by atoms with Gasteiger partial charge in [-0.25, -0.2) is 9.36 Å². The molecule has 392 valence electrons. The van der Waals surface area contributed by atoms with Crippen LogP contribution in [0.3, 0.4) is 0 Å². The van der Waals surface area contributed by atoms with E-state index in [-0.39, 0.29) is 42.9 Å². The minimum Gasteiger partial charge on any atom is -1.00 e. The zero-order valence-corrected chi connectivity index (χ0v) is 42.7. The van der Waals surface area contributed by atoms with Crippen LogP contribution in [0.25, 0.3) is 0 Å². The molecule has 2 aliphatic rings. The number of amides is 2. The highest BCUT2D eigenvalue weighted by Gasteiger charge is 2.33. The van der Waals surface area contributed by atoms with Crippen LogP contribution in [0.2, 0.25) is 0 Å². The van der Waals surface area contributed by atoms with Gasteiger partial charge < -0.3 is 74.5 Å². The van der Waals surface area contributed by atoms with Crippen LogP contribution in [0.1, 0.15) is 115 Å². The van der Waals surface area contributed by atoms with Gasteiger partial charge in [0, 0.05) is 58.9 Å². The second-order valence-electron chi connectivity index (χ2n) is 18.6. The van der Waals surface area contributed by atoms with Gasteiger partial charge in [-0.15, -0.1) is 16.6 Å². The van der Waals surface area contributed by atoms with Crippen LogP contribution >= 0.6 is 0 Å². The van der Waals surface area contributed by atoms with Crippen LogP contribution in [-0.2, 0) is 23.8 Å². The molecule has 23 nitrogen and oxygen atoms in total. The molecule has 70 heavy (non-hydrogen) atoms. The summed E-state index contributed by atoms with van der Waals surface area (Å²) in [7, 11) is 0. The van der Waals surface area contributed by atoms with E-state index in [1.807, 2.05) is 22.2 Å². The molecule has 5 rings (SSSR count). The highest BCUT2D eigenvalue weighted by Crippen LogP contribution is 2.26. The molecular formula is C46H80ClN18O5-. The molecule has 5 heterocycles. The molecule has 24 heteroatoms. The Hall–Kier alpha value is -4.80. The smallest absolute Gasteiger partial charge is 0.247 e. The number of carbonyl (C=O) groups excluding carboxylic acids is 2. The SMILES string of the molecule is C#CCOCCOCCOCCNc1nc(N2CCN(C(=O)[C@H](CCCCN)n3cc([C@@H](N)CC(C)C)nn3)CC2)nc(N2CCN(C(=O)[C@H](CCCCN)n3cc([C@@H](N)CC(C)C)nn3)CC2)n1.[Cl-]. The normalized spacial score (nSPS) is 16.0. The van der Waals surface area contributed by atoms with Crippen molar-refractivity contribution >= 4 is 29.7 Å². The minimum atomic E-state index is -0.523. The Balaban J connectivity index is 0.0000107. The Morgan fingerprint density at radius 3 is 1.50 bits per heavy atom. The Morgan fingerprint density at radius 1 is 0.657 bits per heavy atom. The fourth-order valence-electron chi connectivity index (χ4n) is 8.38. The molecular weight excluding hydrogens is 920 g/mol. The second-order valence-corrected chi connectivity index (χ2v) is 18.6. The number of nitrogens with one attached hydrogen (secondary N) is 1. The van der Waals surface area contributed by atoms with Crippen molar-refractivity contribution in [1.82, 2.24) is 54.7 Å². The first-order chi connectivity index (χ1) is 33.4. The molecule has 2 saturated heterocycles. The predicted molar refractivity (Wildman–Crippen MR) is 264 cm³/mol. The molecule has 2 amide bonds. The summed E-state index contributed by atoms with van der Waals surface area (Å²) in [5, 5.41) is 20.8. The Bertz CT molecular complexity index is 1880. The van der Waals surface area contributed by atoms with E-state index in [1.54, 1.807) is 9.36 Å². The summed E-state index contributed by atoms with van der Waals surface area (Å²) in [6.07, 6.45) is 14.7. The lowest BCUT2D eigenvalue weighted by molar-refractivity contribution is -0.136. The van der Waals surface area contributed by atoms with Gasteiger partial charge in [0.1, 0.15) is 18.7 Å². The third-order valence-corrected chi connectivity index (χ3v) is 12.2. The maximum atomic E-state index is 14.2. The second kappa shape index (κ2) is 30.8. The van der Waals surface area contributed by atoms with Crippen LogP contribution < -0.4 is 50.5 Å². The minimum absolute atomic E-state index is 0. The summed E-state index contributed by atoms with van der Waals surface area (Å²) in [5.74, 6) is 4.57. The topological polar surface area (TPSA) is 291 Å². The molecule has 2 aliphatic heterocycles. The number of nitrogens with zero attached hydrogens (tertiary/aromatic N) is 13. The van der Waals surface area contributed by atoms with Gasteiger partial charge in [0.15, 0.2) is 0 Å². The summed E-state index contributed by atoms with van der Waals surface area (Å²) in [5.41, 5.74) is 25.9. The molecule has 0 saturated carbocycles. The Labute approximate surface area is 420 Å². The molecule has 3 aromatic heterocycles. The summed E-state index contributed by atoms with van der Waals surface area (Å²) in [4.78, 5) is 51.1. The van der Waals surface area contributed by atoms with Crippen molar-refractivity contribution in [1.29, 1.82) is 0 Å². The molecule has 0 spiro atoms. The number of carbonyl (C=O) groups is 2. The lowest BCUT2D eigenvalue weighted by Gasteiger charge is -2.38. The Morgan fingerprint density at radius 2 is 1.09 bits per heavy atom. The summed E-state index contributed by atoms with van der Waals surface area (Å²) >= 11 is 0. The zero-order valence-electron chi connectivity index (χ0n) is 41.9. The van der Waals surface area contributed by atoms with E-state index in [0.29, 0.717) is 159 Å². The summed E-state index contributed by atoms with van der Waals surface area (Å²) in [6.45, 7) is 16.2. The number of rotatable bonds is 31. The molecule has 0 unspecified atom stereocenters. The standard InChI is InChI=1S/C46H80N18O5.ClH/c1-6-24-67-26-28-69-29-27-68-25-15-51-44-52-45(61-20-16-59(17-21-61)42(65)40(11-7-9-13-47)63-32-38(55-57-63)36(49)30-34(2)3)54-46(53-44)62-22-18-60(19-23-62)43(66)41(12-8-10-14-48)64-33-39(56-58-64)37(50)31-35(4)5;/h1,32-37,40-41H,7-31,47-50H2,2-5H3,(H,51,52,53,54);1H/p-1/t36-,37-,40-,41-;/m0./s1. The van der Waals surface area contributed by atoms with Crippen molar-refractivity contribution in [2.24, 2.45) is 34.8 Å². The van der Waals surface area contributed by atoms with E-state index >= 15 is 0 Å². The summed E-state index contributed by atoms with van der Waals surface area (Å²) < 4.78 is 19.9. The molecule has 0 radical (unpaired) electrons. The van der Waals surface area contributed by atoms with Gasteiger partial charge in [-0.1, -0.05) is 44.0 Å². The van der Waals surface area contributed by atoms with Crippen LogP contribution in [0.4, 0.5) is 17.8 Å². The van der Waals surface area contributed by atoms with E-state index in [0.717, 1.165) is 38.5 Å². The van der Waals surface area contributed by atoms with Gasteiger partial charge in [0.05, 0.1) is 68.9 Å². The molecule has 0 bridgehead atoms. The van der Waals surface area contributed by atoms with Crippen LogP contribution in [0, 0.1) is 24.2 Å². The number of halogens is 1. The Kier molecular flexibility index (Phi) is 25.4. The fraction of sp³-hybridized carbons (Fsp3) is 0.761. The van der Waals surface area contributed by atoms with Gasteiger partial charge in [-0.05, 0) is 76.3 Å². The number of piperazine rings is 2. The number of anilines is 3. The number of unbranched alkanes of at least 4 members (excludes halogenated alkanes) is 2. The molecule has 4 atom stereocenters. The third-order valence-electron chi connectivity index (χ3n) is 12.2. The first-order valence-corrected chi connectivity index (χ1v) is 24.9. The van der Waals surface area contributed by atoms with Gasteiger partial charge >= 0.3 is 0 Å². The molecule has 0 aromatic carbocycles. The molecule has 2 fully saturated rings. The molecule has 0 aliphatic carbocycles. The van der Waals surface area contributed by atoms with E-state index in [2.05, 4.69) is 69.4 Å². The first-order valence-electron chi connectivity index (χ1n) is 24.9. The largest absolute Gasteiger partial charge is 1.00 e. The van der Waals surface area contributed by atoms with E-state index in [1.165, 1.54) is 0 Å². The van der Waals surface area contributed by atoms with Crippen LogP contribution in [0.5, 0.6) is 0 Å². The average Bonchev–Trinajstić information content (AvgIpc) is 4.05. The van der Waals surface area contributed by atoms with Crippen molar-refractivity contribution in [3.8, 4) is 12.3 Å². The maximum Gasteiger partial charge on any atom is 0.247 e. The van der Waals surface area contributed by atoms with Crippen molar-refractivity contribution in [2.45, 2.75) is 103 Å². The highest BCUT2D eigenvalue weighted by molar-refractivity contribution is 5.81. The van der Waals surface area contributed by atoms with Crippen molar-refractivity contribution in [3.05, 3.63) is 23.8 Å². The maximum absolute atomic E-state index is 14.2. The van der Waals surface area contributed by atoms with E-state index in [9.17, 15) is 9.59 Å². The van der Waals surface area contributed by atoms with Crippen molar-refractivity contribution in [3.63, 3.8) is 0 Å². The van der Waals surface area contributed by atoms with Crippen molar-refractivity contribution < 1.29 is 36.2 Å². The average molecular weight is 1000 g/mol. The van der Waals surface area contributed by atoms with Crippen LogP contribution in [-0.4, -0.2) is 178 Å². The number of hydrogen-bond donors (Lipinski definition) is 5. The van der Waals surface area contributed by atoms with Gasteiger partial charge in [-0.3, -0.25) is 9.59 Å². The zero-order chi connectivity index (χ0) is 49.5. The number of aromatic nitrogens is 9. The van der Waals surface area contributed by atoms with Crippen LogP contribution in [0.15, 0.2) is 12.4 Å². The van der Waals surface area contributed by atoms with Crippen molar-refractivity contribution in [2.75, 3.05) is 127 Å². The number of nitrogens with two attached hydrogens (primary N) is 4. The lowest BCUT2D eigenvalue weighted by Crippen LogP contribution is -3.00.